The summed E-state index contributed by atoms with van der Waals surface area (Å²) in [5, 5.41) is 3.52. The van der Waals surface area contributed by atoms with Gasteiger partial charge in [-0.2, -0.15) is 0 Å². The highest BCUT2D eigenvalue weighted by Gasteiger charge is 2.36. The van der Waals surface area contributed by atoms with E-state index in [9.17, 15) is 4.79 Å². The Balaban J connectivity index is 1.71. The first-order valence-electron chi connectivity index (χ1n) is 6.02. The van der Waals surface area contributed by atoms with Gasteiger partial charge < -0.3 is 10.2 Å². The molecule has 3 nitrogen and oxygen atoms in total. The average molecular weight is 315 g/mol. The van der Waals surface area contributed by atoms with Gasteiger partial charge in [0.15, 0.2) is 0 Å². The largest absolute Gasteiger partial charge is 0.336 e. The third-order valence-corrected chi connectivity index (χ3v) is 5.28. The van der Waals surface area contributed by atoms with Crippen LogP contribution in [0.25, 0.3) is 0 Å². The van der Waals surface area contributed by atoms with Gasteiger partial charge in [-0.1, -0.05) is 0 Å². The molecule has 0 saturated carbocycles. The lowest BCUT2D eigenvalue weighted by molar-refractivity contribution is 0.0790. The summed E-state index contributed by atoms with van der Waals surface area (Å²) in [6.45, 7) is 2.90. The van der Waals surface area contributed by atoms with Gasteiger partial charge in [0.05, 0.1) is 8.66 Å². The Labute approximate surface area is 113 Å². The van der Waals surface area contributed by atoms with Gasteiger partial charge in [-0.05, 0) is 53.4 Å². The average Bonchev–Trinajstić information content (AvgIpc) is 2.93. The summed E-state index contributed by atoms with van der Waals surface area (Å²) in [4.78, 5) is 15.1. The van der Waals surface area contributed by atoms with Crippen LogP contribution in [-0.2, 0) is 0 Å². The summed E-state index contributed by atoms with van der Waals surface area (Å²) in [7, 11) is 0. The predicted octanol–water partition coefficient (Wildman–Crippen LogP) is 2.33. The highest BCUT2D eigenvalue weighted by Crippen LogP contribution is 2.28. The number of likely N-dealkylation sites (tertiary alicyclic amines) is 1. The van der Waals surface area contributed by atoms with Gasteiger partial charge in [0.2, 0.25) is 0 Å². The molecule has 2 aliphatic heterocycles. The van der Waals surface area contributed by atoms with Crippen molar-refractivity contribution in [3.05, 3.63) is 20.8 Å². The Bertz CT molecular complexity index is 420. The van der Waals surface area contributed by atoms with E-state index in [1.807, 2.05) is 17.0 Å². The van der Waals surface area contributed by atoms with Gasteiger partial charge in [0.25, 0.3) is 5.91 Å². The first-order chi connectivity index (χ1) is 8.24. The zero-order valence-corrected chi connectivity index (χ0v) is 11.9. The van der Waals surface area contributed by atoms with Gasteiger partial charge in [0.1, 0.15) is 0 Å². The molecule has 2 atom stereocenters. The number of carbonyl (C=O) groups excluding carboxylic acids is 1. The Morgan fingerprint density at radius 1 is 1.47 bits per heavy atom. The molecular weight excluding hydrogens is 300 g/mol. The maximum atomic E-state index is 12.3. The fraction of sp³-hybridized carbons (Fsp3) is 0.583. The van der Waals surface area contributed by atoms with Crippen LogP contribution in [0.3, 0.4) is 0 Å². The Morgan fingerprint density at radius 3 is 3.06 bits per heavy atom. The van der Waals surface area contributed by atoms with Crippen LogP contribution < -0.4 is 5.32 Å². The van der Waals surface area contributed by atoms with Crippen molar-refractivity contribution >= 4 is 33.2 Å². The summed E-state index contributed by atoms with van der Waals surface area (Å²) < 4.78 is 1.02. The van der Waals surface area contributed by atoms with Crippen molar-refractivity contribution in [2.24, 2.45) is 5.92 Å². The van der Waals surface area contributed by atoms with Crippen molar-refractivity contribution < 1.29 is 4.79 Å². The van der Waals surface area contributed by atoms with Gasteiger partial charge in [0, 0.05) is 19.1 Å². The van der Waals surface area contributed by atoms with E-state index in [0.29, 0.717) is 12.0 Å². The highest BCUT2D eigenvalue weighted by molar-refractivity contribution is 9.11. The summed E-state index contributed by atoms with van der Waals surface area (Å²) in [6.07, 6.45) is 2.50. The number of carbonyl (C=O) groups is 1. The molecule has 3 heterocycles. The van der Waals surface area contributed by atoms with E-state index in [1.165, 1.54) is 24.2 Å². The lowest BCUT2D eigenvalue weighted by Crippen LogP contribution is -2.41. The molecule has 2 aliphatic rings. The summed E-state index contributed by atoms with van der Waals surface area (Å²) in [5.74, 6) is 0.855. The molecule has 0 radical (unpaired) electrons. The zero-order chi connectivity index (χ0) is 11.8. The summed E-state index contributed by atoms with van der Waals surface area (Å²) in [6, 6.07) is 4.38. The van der Waals surface area contributed by atoms with E-state index in [-0.39, 0.29) is 5.91 Å². The van der Waals surface area contributed by atoms with E-state index in [1.54, 1.807) is 0 Å². The molecule has 2 fully saturated rings. The number of rotatable bonds is 1. The molecule has 1 N–H and O–H groups in total. The van der Waals surface area contributed by atoms with Crippen molar-refractivity contribution in [3.63, 3.8) is 0 Å². The molecule has 0 aromatic carbocycles. The minimum atomic E-state index is 0.192. The van der Waals surface area contributed by atoms with E-state index in [0.717, 1.165) is 28.3 Å². The van der Waals surface area contributed by atoms with Crippen molar-refractivity contribution in [3.8, 4) is 0 Å². The predicted molar refractivity (Wildman–Crippen MR) is 72.4 cm³/mol. The second-order valence-electron chi connectivity index (χ2n) is 4.78. The minimum absolute atomic E-state index is 0.192. The lowest BCUT2D eigenvalue weighted by Gasteiger charge is -2.24. The number of halogens is 1. The van der Waals surface area contributed by atoms with E-state index in [2.05, 4.69) is 21.2 Å². The Morgan fingerprint density at radius 2 is 2.35 bits per heavy atom. The molecule has 92 valence electrons. The third kappa shape index (κ3) is 2.28. The van der Waals surface area contributed by atoms with Gasteiger partial charge in [-0.3, -0.25) is 4.79 Å². The Kier molecular flexibility index (Phi) is 3.23. The number of nitrogens with zero attached hydrogens (tertiary/aromatic N) is 1. The van der Waals surface area contributed by atoms with E-state index < -0.39 is 0 Å². The quantitative estimate of drug-likeness (QED) is 0.863. The van der Waals surface area contributed by atoms with Crippen molar-refractivity contribution in [2.75, 3.05) is 19.6 Å². The minimum Gasteiger partial charge on any atom is -0.336 e. The molecule has 0 bridgehead atoms. The molecule has 17 heavy (non-hydrogen) atoms. The lowest BCUT2D eigenvalue weighted by atomic mass is 9.94. The molecule has 5 heteroatoms. The van der Waals surface area contributed by atoms with Crippen molar-refractivity contribution in [1.82, 2.24) is 10.2 Å². The SMILES string of the molecule is O=C(c1ccc(Br)s1)N1CC2CCCNC2C1. The molecule has 1 aromatic rings. The number of fused-ring (bicyclic) bond motifs is 1. The molecule has 3 rings (SSSR count). The molecule has 0 aliphatic carbocycles. The number of hydrogen-bond acceptors (Lipinski definition) is 3. The maximum absolute atomic E-state index is 12.3. The smallest absolute Gasteiger partial charge is 0.264 e. The maximum Gasteiger partial charge on any atom is 0.264 e. The second kappa shape index (κ2) is 4.71. The van der Waals surface area contributed by atoms with Crippen molar-refractivity contribution in [1.29, 1.82) is 0 Å². The fourth-order valence-electron chi connectivity index (χ4n) is 2.80. The van der Waals surface area contributed by atoms with Gasteiger partial charge in [-0.15, -0.1) is 11.3 Å². The van der Waals surface area contributed by atoms with Gasteiger partial charge in [-0.25, -0.2) is 0 Å². The van der Waals surface area contributed by atoms with Crippen LogP contribution in [0.5, 0.6) is 0 Å². The van der Waals surface area contributed by atoms with E-state index >= 15 is 0 Å². The highest BCUT2D eigenvalue weighted by atomic mass is 79.9. The first kappa shape index (κ1) is 11.7. The summed E-state index contributed by atoms with van der Waals surface area (Å²) >= 11 is 4.93. The number of nitrogens with one attached hydrogen (secondary N) is 1. The number of piperidine rings is 1. The van der Waals surface area contributed by atoms with Crippen LogP contribution >= 0.6 is 27.3 Å². The van der Waals surface area contributed by atoms with Crippen LogP contribution in [0.2, 0.25) is 0 Å². The second-order valence-corrected chi connectivity index (χ2v) is 7.24. The number of hydrogen-bond donors (Lipinski definition) is 1. The number of amides is 1. The third-order valence-electron chi connectivity index (χ3n) is 3.67. The van der Waals surface area contributed by atoms with E-state index in [4.69, 9.17) is 0 Å². The molecule has 0 spiro atoms. The molecule has 1 aromatic heterocycles. The van der Waals surface area contributed by atoms with Crippen LogP contribution in [0.4, 0.5) is 0 Å². The molecule has 2 unspecified atom stereocenters. The fourth-order valence-corrected chi connectivity index (χ4v) is 4.15. The van der Waals surface area contributed by atoms with Gasteiger partial charge >= 0.3 is 0 Å². The molecule has 2 saturated heterocycles. The van der Waals surface area contributed by atoms with Crippen LogP contribution in [0.1, 0.15) is 22.5 Å². The topological polar surface area (TPSA) is 32.3 Å². The first-order valence-corrected chi connectivity index (χ1v) is 7.63. The monoisotopic (exact) mass is 314 g/mol. The Hall–Kier alpha value is -0.390. The van der Waals surface area contributed by atoms with Crippen LogP contribution in [0.15, 0.2) is 15.9 Å². The number of thiophene rings is 1. The van der Waals surface area contributed by atoms with Crippen molar-refractivity contribution in [2.45, 2.75) is 18.9 Å². The van der Waals surface area contributed by atoms with Crippen LogP contribution in [-0.4, -0.2) is 36.5 Å². The molecule has 1 amide bonds. The standard InChI is InChI=1S/C12H15BrN2OS/c13-11-4-3-10(17-11)12(16)15-6-8-2-1-5-14-9(8)7-15/h3-4,8-9,14H,1-2,5-7H2. The summed E-state index contributed by atoms with van der Waals surface area (Å²) in [5.41, 5.74) is 0. The van der Waals surface area contributed by atoms with Crippen LogP contribution in [0, 0.1) is 5.92 Å². The molecular formula is C12H15BrN2OS. The zero-order valence-electron chi connectivity index (χ0n) is 9.49. The normalized spacial score (nSPS) is 28.2.